The third-order valence-electron chi connectivity index (χ3n) is 2.11. The summed E-state index contributed by atoms with van der Waals surface area (Å²) in [7, 11) is -3.91. The summed E-state index contributed by atoms with van der Waals surface area (Å²) < 4.78 is 46.9. The molecule has 0 aromatic rings. The summed E-state index contributed by atoms with van der Waals surface area (Å²) in [6, 6.07) is 0. The monoisotopic (exact) mass is 277 g/mol. The van der Waals surface area contributed by atoms with Crippen LogP contribution in [0.25, 0.3) is 0 Å². The second-order valence-electron chi connectivity index (χ2n) is 3.70. The molecular weight excluding hydrogens is 262 g/mol. The van der Waals surface area contributed by atoms with Crippen molar-refractivity contribution in [3.05, 3.63) is 0 Å². The predicted octanol–water partition coefficient (Wildman–Crippen LogP) is 1.75. The van der Waals surface area contributed by atoms with Gasteiger partial charge in [0, 0.05) is 19.0 Å². The fraction of sp³-hybridized carbons (Fsp3) is 0.875. The number of aliphatic carboxylic acids is 1. The molecule has 17 heavy (non-hydrogen) atoms. The molecule has 0 fully saturated rings. The molecule has 0 saturated carbocycles. The first-order valence-electron chi connectivity index (χ1n) is 4.90. The van der Waals surface area contributed by atoms with Gasteiger partial charge in [-0.1, -0.05) is 0 Å². The van der Waals surface area contributed by atoms with E-state index in [9.17, 15) is 27.4 Å². The molecule has 2 atom stereocenters. The summed E-state index contributed by atoms with van der Waals surface area (Å²) in [5, 5.41) is 8.34. The Morgan fingerprint density at radius 1 is 1.41 bits per heavy atom. The number of carboxylic acids is 1. The van der Waals surface area contributed by atoms with Gasteiger partial charge < -0.3 is 15.7 Å². The van der Waals surface area contributed by atoms with Gasteiger partial charge in [0.15, 0.2) is 0 Å². The molecular formula is C8H15F3NO4P. The van der Waals surface area contributed by atoms with Gasteiger partial charge >= 0.3 is 12.1 Å². The van der Waals surface area contributed by atoms with Crippen LogP contribution in [-0.2, 0) is 9.36 Å². The molecule has 9 heteroatoms. The zero-order valence-electron chi connectivity index (χ0n) is 8.98. The maximum absolute atomic E-state index is 11.8. The lowest BCUT2D eigenvalue weighted by molar-refractivity contribution is -0.137. The summed E-state index contributed by atoms with van der Waals surface area (Å²) in [6.07, 6.45) is -7.17. The minimum absolute atomic E-state index is 0.227. The lowest BCUT2D eigenvalue weighted by Gasteiger charge is -2.18. The maximum Gasteiger partial charge on any atom is 0.389 e. The van der Waals surface area contributed by atoms with Crippen molar-refractivity contribution in [2.75, 3.05) is 6.16 Å². The second-order valence-corrected chi connectivity index (χ2v) is 6.32. The zero-order valence-corrected chi connectivity index (χ0v) is 9.88. The standard InChI is InChI=1S/C8H15F3NO4P/c9-8(10,11)4-1-5-17(15,16)6(12)2-3-7(13)14/h6H,1-5,12H2,(H,13,14)(H,15,16). The molecule has 0 amide bonds. The Morgan fingerprint density at radius 2 is 1.94 bits per heavy atom. The normalized spacial score (nSPS) is 17.5. The average molecular weight is 277 g/mol. The van der Waals surface area contributed by atoms with E-state index < -0.39 is 44.3 Å². The average Bonchev–Trinajstić information content (AvgIpc) is 2.11. The van der Waals surface area contributed by atoms with E-state index in [0.717, 1.165) is 0 Å². The molecule has 2 unspecified atom stereocenters. The van der Waals surface area contributed by atoms with E-state index in [2.05, 4.69) is 0 Å². The number of halogens is 3. The van der Waals surface area contributed by atoms with E-state index in [1.54, 1.807) is 0 Å². The molecule has 0 rings (SSSR count). The molecule has 0 saturated heterocycles. The molecule has 102 valence electrons. The van der Waals surface area contributed by atoms with Crippen LogP contribution in [0.2, 0.25) is 0 Å². The highest BCUT2D eigenvalue weighted by Gasteiger charge is 2.31. The molecule has 0 aromatic carbocycles. The molecule has 0 aliphatic heterocycles. The van der Waals surface area contributed by atoms with Crippen molar-refractivity contribution >= 4 is 13.3 Å². The van der Waals surface area contributed by atoms with Gasteiger partial charge in [0.25, 0.3) is 0 Å². The highest BCUT2D eigenvalue weighted by atomic mass is 31.2. The van der Waals surface area contributed by atoms with Crippen LogP contribution >= 0.6 is 7.37 Å². The van der Waals surface area contributed by atoms with Gasteiger partial charge in [-0.05, 0) is 12.8 Å². The molecule has 0 heterocycles. The molecule has 0 aliphatic rings. The zero-order chi connectivity index (χ0) is 13.7. The molecule has 0 aliphatic carbocycles. The fourth-order valence-electron chi connectivity index (χ4n) is 1.14. The maximum atomic E-state index is 11.8. The van der Waals surface area contributed by atoms with E-state index in [-0.39, 0.29) is 12.8 Å². The SMILES string of the molecule is NC(CCC(=O)O)P(=O)(O)CCCC(F)(F)F. The largest absolute Gasteiger partial charge is 0.481 e. The van der Waals surface area contributed by atoms with Gasteiger partial charge in [0.1, 0.15) is 0 Å². The Hall–Kier alpha value is -0.590. The summed E-state index contributed by atoms with van der Waals surface area (Å²) >= 11 is 0. The van der Waals surface area contributed by atoms with Crippen LogP contribution in [0, 0.1) is 0 Å². The van der Waals surface area contributed by atoms with Crippen molar-refractivity contribution in [1.82, 2.24) is 0 Å². The molecule has 0 bridgehead atoms. The topological polar surface area (TPSA) is 101 Å². The molecule has 5 nitrogen and oxygen atoms in total. The van der Waals surface area contributed by atoms with Crippen molar-refractivity contribution < 1.29 is 32.5 Å². The number of carboxylic acid groups (broad SMARTS) is 1. The number of hydrogen-bond donors (Lipinski definition) is 3. The van der Waals surface area contributed by atoms with Gasteiger partial charge in [0.2, 0.25) is 7.37 Å². The number of nitrogens with two attached hydrogens (primary N) is 1. The summed E-state index contributed by atoms with van der Waals surface area (Å²) in [5.41, 5.74) is 5.29. The van der Waals surface area contributed by atoms with Crippen LogP contribution in [0.1, 0.15) is 25.7 Å². The summed E-state index contributed by atoms with van der Waals surface area (Å²) in [6.45, 7) is 0. The lowest BCUT2D eigenvalue weighted by atomic mass is 10.3. The lowest BCUT2D eigenvalue weighted by Crippen LogP contribution is -2.23. The Balaban J connectivity index is 4.09. The quantitative estimate of drug-likeness (QED) is 0.615. The minimum Gasteiger partial charge on any atom is -0.481 e. The Morgan fingerprint density at radius 3 is 2.35 bits per heavy atom. The van der Waals surface area contributed by atoms with Gasteiger partial charge in [-0.15, -0.1) is 0 Å². The van der Waals surface area contributed by atoms with E-state index in [1.807, 2.05) is 0 Å². The van der Waals surface area contributed by atoms with Crippen molar-refractivity contribution in [3.63, 3.8) is 0 Å². The van der Waals surface area contributed by atoms with Crippen molar-refractivity contribution in [1.29, 1.82) is 0 Å². The van der Waals surface area contributed by atoms with Crippen molar-refractivity contribution in [2.45, 2.75) is 37.6 Å². The first-order chi connectivity index (χ1) is 7.54. The molecule has 4 N–H and O–H groups in total. The Kier molecular flexibility index (Phi) is 6.15. The van der Waals surface area contributed by atoms with Crippen LogP contribution < -0.4 is 5.73 Å². The van der Waals surface area contributed by atoms with E-state index in [0.29, 0.717) is 0 Å². The van der Waals surface area contributed by atoms with Crippen LogP contribution in [-0.4, -0.2) is 34.1 Å². The van der Waals surface area contributed by atoms with Crippen molar-refractivity contribution in [3.8, 4) is 0 Å². The highest BCUT2D eigenvalue weighted by Crippen LogP contribution is 2.46. The third kappa shape index (κ3) is 8.18. The summed E-state index contributed by atoms with van der Waals surface area (Å²) in [4.78, 5) is 19.6. The van der Waals surface area contributed by atoms with Crippen LogP contribution in [0.4, 0.5) is 13.2 Å². The molecule has 0 radical (unpaired) electrons. The van der Waals surface area contributed by atoms with Gasteiger partial charge in [-0.2, -0.15) is 13.2 Å². The number of carbonyl (C=O) groups is 1. The fourth-order valence-corrected chi connectivity index (χ4v) is 2.62. The molecule has 0 aromatic heterocycles. The van der Waals surface area contributed by atoms with Gasteiger partial charge in [-0.3, -0.25) is 9.36 Å². The minimum atomic E-state index is -4.37. The Labute approximate surface area is 96.3 Å². The van der Waals surface area contributed by atoms with Gasteiger partial charge in [-0.25, -0.2) is 0 Å². The number of rotatable bonds is 7. The Bertz CT molecular complexity index is 308. The van der Waals surface area contributed by atoms with Crippen molar-refractivity contribution in [2.24, 2.45) is 5.73 Å². The van der Waals surface area contributed by atoms with Crippen LogP contribution in [0.15, 0.2) is 0 Å². The third-order valence-corrected chi connectivity index (χ3v) is 4.36. The number of hydrogen-bond acceptors (Lipinski definition) is 3. The highest BCUT2D eigenvalue weighted by molar-refractivity contribution is 7.58. The van der Waals surface area contributed by atoms with Crippen LogP contribution in [0.5, 0.6) is 0 Å². The first-order valence-corrected chi connectivity index (χ1v) is 6.81. The van der Waals surface area contributed by atoms with E-state index in [1.165, 1.54) is 0 Å². The smallest absolute Gasteiger partial charge is 0.389 e. The molecule has 0 spiro atoms. The first kappa shape index (κ1) is 16.4. The summed E-state index contributed by atoms with van der Waals surface area (Å²) in [5.74, 6) is -2.46. The van der Waals surface area contributed by atoms with Crippen LogP contribution in [0.3, 0.4) is 0 Å². The number of alkyl halides is 3. The van der Waals surface area contributed by atoms with Gasteiger partial charge in [0.05, 0.1) is 5.78 Å². The predicted molar refractivity (Wildman–Crippen MR) is 54.8 cm³/mol. The van der Waals surface area contributed by atoms with E-state index >= 15 is 0 Å². The second kappa shape index (κ2) is 6.37. The van der Waals surface area contributed by atoms with E-state index in [4.69, 9.17) is 10.8 Å².